The largest absolute Gasteiger partial charge is 0.416 e. The van der Waals surface area contributed by atoms with Crippen LogP contribution in [0.3, 0.4) is 0 Å². The zero-order valence-corrected chi connectivity index (χ0v) is 14.7. The number of aliphatic imine (C=N–C) groups is 1. The number of benzene rings is 1. The van der Waals surface area contributed by atoms with Gasteiger partial charge in [-0.25, -0.2) is 0 Å². The minimum Gasteiger partial charge on any atom is -0.274 e. The lowest BCUT2D eigenvalue weighted by molar-refractivity contribution is -0.137. The normalized spacial score (nSPS) is 13.4. The molecule has 1 aliphatic rings. The number of nitrogens with zero attached hydrogens (tertiary/aromatic N) is 5. The monoisotopic (exact) mass is 385 g/mol. The van der Waals surface area contributed by atoms with Crippen LogP contribution in [-0.2, 0) is 19.1 Å². The van der Waals surface area contributed by atoms with Gasteiger partial charge in [0.2, 0.25) is 0 Å². The Morgan fingerprint density at radius 1 is 1.14 bits per heavy atom. The van der Waals surface area contributed by atoms with Gasteiger partial charge in [-0.15, -0.1) is 10.2 Å². The molecule has 6 nitrogen and oxygen atoms in total. The Balaban J connectivity index is 2.05. The molecule has 0 unspecified atom stereocenters. The van der Waals surface area contributed by atoms with Crippen LogP contribution in [0.1, 0.15) is 35.3 Å². The topological polar surface area (TPSA) is 73.0 Å². The van der Waals surface area contributed by atoms with E-state index >= 15 is 0 Å². The highest BCUT2D eigenvalue weighted by molar-refractivity contribution is 6.14. The highest BCUT2D eigenvalue weighted by atomic mass is 19.4. The second-order valence-electron chi connectivity index (χ2n) is 6.17. The van der Waals surface area contributed by atoms with Crippen molar-refractivity contribution in [2.45, 2.75) is 26.1 Å². The molecule has 0 spiro atoms. The van der Waals surface area contributed by atoms with Crippen LogP contribution >= 0.6 is 0 Å². The van der Waals surface area contributed by atoms with Crippen molar-refractivity contribution < 1.29 is 13.2 Å². The highest BCUT2D eigenvalue weighted by Gasteiger charge is 2.33. The first-order valence-electron chi connectivity index (χ1n) is 8.55. The molecule has 3 heterocycles. The standard InChI is InChI=1S/C19H14F3N5O/c1-2-13-18(28)27-15-7-6-11(19(20,21)22)9-12(15)17(14-5-3-4-8-23-14)24-10-16(27)26-25-13/h3-9H,2,10H2,1H3. The van der Waals surface area contributed by atoms with E-state index in [0.29, 0.717) is 12.1 Å². The van der Waals surface area contributed by atoms with Gasteiger partial charge in [0.1, 0.15) is 12.2 Å². The van der Waals surface area contributed by atoms with Gasteiger partial charge in [0.15, 0.2) is 5.82 Å². The smallest absolute Gasteiger partial charge is 0.274 e. The lowest BCUT2D eigenvalue weighted by Gasteiger charge is -2.15. The summed E-state index contributed by atoms with van der Waals surface area (Å²) >= 11 is 0. The number of fused-ring (bicyclic) bond motifs is 3. The quantitative estimate of drug-likeness (QED) is 0.680. The molecular formula is C19H14F3N5O. The van der Waals surface area contributed by atoms with Gasteiger partial charge >= 0.3 is 6.18 Å². The third-order valence-electron chi connectivity index (χ3n) is 4.44. The molecule has 0 radical (unpaired) electrons. The number of hydrogen-bond donors (Lipinski definition) is 0. The fourth-order valence-corrected chi connectivity index (χ4v) is 3.08. The number of hydrogen-bond acceptors (Lipinski definition) is 5. The second kappa shape index (κ2) is 6.66. The number of aryl methyl sites for hydroxylation is 1. The van der Waals surface area contributed by atoms with Crippen LogP contribution in [0.4, 0.5) is 13.2 Å². The fourth-order valence-electron chi connectivity index (χ4n) is 3.08. The Labute approximate surface area is 157 Å². The summed E-state index contributed by atoms with van der Waals surface area (Å²) in [4.78, 5) is 21.5. The molecule has 4 rings (SSSR count). The number of alkyl halides is 3. The van der Waals surface area contributed by atoms with Crippen LogP contribution in [0.25, 0.3) is 5.69 Å². The van der Waals surface area contributed by atoms with Gasteiger partial charge in [-0.3, -0.25) is 19.3 Å². The summed E-state index contributed by atoms with van der Waals surface area (Å²) in [7, 11) is 0. The van der Waals surface area contributed by atoms with Crippen molar-refractivity contribution in [3.8, 4) is 5.69 Å². The summed E-state index contributed by atoms with van der Waals surface area (Å²) < 4.78 is 41.3. The third kappa shape index (κ3) is 2.98. The van der Waals surface area contributed by atoms with Crippen molar-refractivity contribution in [1.29, 1.82) is 0 Å². The zero-order chi connectivity index (χ0) is 19.9. The van der Waals surface area contributed by atoms with Gasteiger partial charge in [0, 0.05) is 11.8 Å². The molecule has 28 heavy (non-hydrogen) atoms. The van der Waals surface area contributed by atoms with E-state index in [4.69, 9.17) is 0 Å². The highest BCUT2D eigenvalue weighted by Crippen LogP contribution is 2.33. The minimum atomic E-state index is -4.53. The Hall–Kier alpha value is -3.36. The summed E-state index contributed by atoms with van der Waals surface area (Å²) in [6.07, 6.45) is -2.64. The number of rotatable bonds is 2. The van der Waals surface area contributed by atoms with Crippen molar-refractivity contribution in [3.05, 3.63) is 81.3 Å². The molecule has 0 bridgehead atoms. The van der Waals surface area contributed by atoms with Gasteiger partial charge in [0.25, 0.3) is 5.56 Å². The summed E-state index contributed by atoms with van der Waals surface area (Å²) in [5.41, 5.74) is 0.118. The van der Waals surface area contributed by atoms with Gasteiger partial charge in [0.05, 0.1) is 22.7 Å². The van der Waals surface area contributed by atoms with Crippen LogP contribution in [0.2, 0.25) is 0 Å². The van der Waals surface area contributed by atoms with Crippen molar-refractivity contribution in [1.82, 2.24) is 19.7 Å². The van der Waals surface area contributed by atoms with E-state index in [0.717, 1.165) is 12.1 Å². The first-order valence-corrected chi connectivity index (χ1v) is 8.55. The van der Waals surface area contributed by atoms with Crippen molar-refractivity contribution in [3.63, 3.8) is 0 Å². The molecular weight excluding hydrogens is 371 g/mol. The van der Waals surface area contributed by atoms with Gasteiger partial charge in [-0.05, 0) is 36.8 Å². The van der Waals surface area contributed by atoms with Crippen molar-refractivity contribution in [2.24, 2.45) is 4.99 Å². The molecule has 0 saturated heterocycles. The lowest BCUT2D eigenvalue weighted by atomic mass is 10.0. The maximum absolute atomic E-state index is 13.3. The van der Waals surface area contributed by atoms with E-state index in [9.17, 15) is 18.0 Å². The first-order chi connectivity index (χ1) is 13.4. The molecule has 2 aromatic heterocycles. The molecule has 0 atom stereocenters. The summed E-state index contributed by atoms with van der Waals surface area (Å²) in [6, 6.07) is 8.29. The molecule has 3 aromatic rings. The average molecular weight is 385 g/mol. The van der Waals surface area contributed by atoms with E-state index in [2.05, 4.69) is 20.2 Å². The molecule has 142 valence electrons. The van der Waals surface area contributed by atoms with Crippen LogP contribution in [0.15, 0.2) is 52.4 Å². The van der Waals surface area contributed by atoms with Crippen molar-refractivity contribution in [2.75, 3.05) is 0 Å². The number of halogens is 3. The Morgan fingerprint density at radius 3 is 2.64 bits per heavy atom. The molecule has 1 aromatic carbocycles. The molecule has 0 amide bonds. The molecule has 0 fully saturated rings. The molecule has 9 heteroatoms. The first kappa shape index (κ1) is 18.0. The molecule has 1 aliphatic heterocycles. The van der Waals surface area contributed by atoms with Gasteiger partial charge in [-0.1, -0.05) is 13.0 Å². The van der Waals surface area contributed by atoms with E-state index in [1.807, 2.05) is 0 Å². The zero-order valence-electron chi connectivity index (χ0n) is 14.7. The van der Waals surface area contributed by atoms with Crippen molar-refractivity contribution >= 4 is 5.71 Å². The molecule has 0 saturated carbocycles. The van der Waals surface area contributed by atoms with Crippen LogP contribution in [0.5, 0.6) is 0 Å². The Bertz CT molecular complexity index is 1140. The lowest BCUT2D eigenvalue weighted by Crippen LogP contribution is -2.28. The average Bonchev–Trinajstić information content (AvgIpc) is 2.85. The van der Waals surface area contributed by atoms with E-state index in [1.54, 1.807) is 25.1 Å². The number of aromatic nitrogens is 4. The SMILES string of the molecule is CCc1nnc2n(c1=O)-c1ccc(C(F)(F)F)cc1C(c1ccccn1)=NC2. The van der Waals surface area contributed by atoms with Gasteiger partial charge < -0.3 is 0 Å². The Kier molecular flexibility index (Phi) is 4.29. The van der Waals surface area contributed by atoms with E-state index in [-0.39, 0.29) is 35.0 Å². The van der Waals surface area contributed by atoms with E-state index in [1.165, 1.54) is 16.8 Å². The third-order valence-corrected chi connectivity index (χ3v) is 4.44. The molecule has 0 aliphatic carbocycles. The van der Waals surface area contributed by atoms with E-state index < -0.39 is 17.3 Å². The van der Waals surface area contributed by atoms with Crippen LogP contribution in [-0.4, -0.2) is 25.5 Å². The van der Waals surface area contributed by atoms with Crippen LogP contribution in [0, 0.1) is 0 Å². The summed E-state index contributed by atoms with van der Waals surface area (Å²) in [6.45, 7) is 1.76. The summed E-state index contributed by atoms with van der Waals surface area (Å²) in [5, 5.41) is 8.00. The predicted molar refractivity (Wildman–Crippen MR) is 95.6 cm³/mol. The molecule has 0 N–H and O–H groups in total. The fraction of sp³-hybridized carbons (Fsp3) is 0.211. The second-order valence-corrected chi connectivity index (χ2v) is 6.17. The Morgan fingerprint density at radius 2 is 1.96 bits per heavy atom. The number of pyridine rings is 1. The predicted octanol–water partition coefficient (Wildman–Crippen LogP) is 2.95. The minimum absolute atomic E-state index is 0.00578. The van der Waals surface area contributed by atoms with Gasteiger partial charge in [-0.2, -0.15) is 13.2 Å². The summed E-state index contributed by atoms with van der Waals surface area (Å²) in [5.74, 6) is 0.258. The maximum atomic E-state index is 13.3. The maximum Gasteiger partial charge on any atom is 0.416 e. The van der Waals surface area contributed by atoms with Crippen LogP contribution < -0.4 is 5.56 Å².